The molecule has 0 bridgehead atoms. The van der Waals surface area contributed by atoms with Crippen LogP contribution in [0.3, 0.4) is 0 Å². The Balaban J connectivity index is 1.80. The molecular formula is C16H16FNO3. The molecule has 0 spiro atoms. The SMILES string of the molecule is COc1ccccc1OCCC(=O)Nc1ccc(F)cc1. The molecule has 0 saturated carbocycles. The van der Waals surface area contributed by atoms with Crippen molar-refractivity contribution in [1.82, 2.24) is 0 Å². The van der Waals surface area contributed by atoms with Crippen molar-refractivity contribution in [3.8, 4) is 11.5 Å². The Morgan fingerprint density at radius 2 is 1.76 bits per heavy atom. The van der Waals surface area contributed by atoms with Crippen LogP contribution in [-0.4, -0.2) is 19.6 Å². The lowest BCUT2D eigenvalue weighted by Gasteiger charge is -2.10. The first-order valence-corrected chi connectivity index (χ1v) is 6.50. The van der Waals surface area contributed by atoms with Crippen LogP contribution in [-0.2, 0) is 4.79 Å². The fraction of sp³-hybridized carbons (Fsp3) is 0.188. The number of methoxy groups -OCH3 is 1. The van der Waals surface area contributed by atoms with Crippen LogP contribution >= 0.6 is 0 Å². The summed E-state index contributed by atoms with van der Waals surface area (Å²) >= 11 is 0. The average molecular weight is 289 g/mol. The van der Waals surface area contributed by atoms with Crippen LogP contribution in [0.15, 0.2) is 48.5 Å². The third kappa shape index (κ3) is 4.49. The molecule has 0 radical (unpaired) electrons. The highest BCUT2D eigenvalue weighted by Gasteiger charge is 2.06. The zero-order chi connectivity index (χ0) is 15.1. The van der Waals surface area contributed by atoms with E-state index in [0.29, 0.717) is 17.2 Å². The lowest BCUT2D eigenvalue weighted by molar-refractivity contribution is -0.116. The minimum atomic E-state index is -0.340. The lowest BCUT2D eigenvalue weighted by atomic mass is 10.3. The van der Waals surface area contributed by atoms with Crippen LogP contribution < -0.4 is 14.8 Å². The summed E-state index contributed by atoms with van der Waals surface area (Å²) in [5.74, 6) is 0.676. The Hall–Kier alpha value is -2.56. The second-order valence-electron chi connectivity index (χ2n) is 4.30. The monoisotopic (exact) mass is 289 g/mol. The van der Waals surface area contributed by atoms with Gasteiger partial charge in [0.2, 0.25) is 5.91 Å². The van der Waals surface area contributed by atoms with Crippen molar-refractivity contribution in [1.29, 1.82) is 0 Å². The number of carbonyl (C=O) groups is 1. The Morgan fingerprint density at radius 1 is 1.10 bits per heavy atom. The van der Waals surface area contributed by atoms with E-state index in [-0.39, 0.29) is 24.8 Å². The number of halogens is 1. The van der Waals surface area contributed by atoms with E-state index in [9.17, 15) is 9.18 Å². The largest absolute Gasteiger partial charge is 0.493 e. The second-order valence-corrected chi connectivity index (χ2v) is 4.30. The summed E-state index contributed by atoms with van der Waals surface area (Å²) in [5, 5.41) is 2.67. The summed E-state index contributed by atoms with van der Waals surface area (Å²) in [6.07, 6.45) is 0.190. The van der Waals surface area contributed by atoms with Crippen molar-refractivity contribution in [2.75, 3.05) is 19.0 Å². The van der Waals surface area contributed by atoms with Crippen molar-refractivity contribution < 1.29 is 18.7 Å². The minimum absolute atomic E-state index is 0.190. The molecule has 0 aliphatic rings. The summed E-state index contributed by atoms with van der Waals surface area (Å²) in [7, 11) is 1.56. The highest BCUT2D eigenvalue weighted by Crippen LogP contribution is 2.25. The van der Waals surface area contributed by atoms with E-state index in [2.05, 4.69) is 5.32 Å². The van der Waals surface area contributed by atoms with Crippen molar-refractivity contribution in [2.24, 2.45) is 0 Å². The molecule has 110 valence electrons. The van der Waals surface area contributed by atoms with Gasteiger partial charge in [-0.25, -0.2) is 4.39 Å². The summed E-state index contributed by atoms with van der Waals surface area (Å²) < 4.78 is 23.4. The fourth-order valence-electron chi connectivity index (χ4n) is 1.75. The molecule has 0 saturated heterocycles. The van der Waals surface area contributed by atoms with Gasteiger partial charge in [0.05, 0.1) is 20.1 Å². The highest BCUT2D eigenvalue weighted by molar-refractivity contribution is 5.90. The number of amides is 1. The molecule has 2 aromatic carbocycles. The highest BCUT2D eigenvalue weighted by atomic mass is 19.1. The number of hydrogen-bond acceptors (Lipinski definition) is 3. The first-order valence-electron chi connectivity index (χ1n) is 6.50. The van der Waals surface area contributed by atoms with Crippen LogP contribution in [0.1, 0.15) is 6.42 Å². The normalized spacial score (nSPS) is 10.0. The predicted molar refractivity (Wildman–Crippen MR) is 78.1 cm³/mol. The quantitative estimate of drug-likeness (QED) is 0.888. The van der Waals surface area contributed by atoms with Gasteiger partial charge in [0, 0.05) is 5.69 Å². The van der Waals surface area contributed by atoms with Gasteiger partial charge in [0.25, 0.3) is 0 Å². The number of rotatable bonds is 6. The maximum Gasteiger partial charge on any atom is 0.227 e. The molecule has 5 heteroatoms. The first kappa shape index (κ1) is 14.8. The number of para-hydroxylation sites is 2. The van der Waals surface area contributed by atoms with E-state index in [1.807, 2.05) is 12.1 Å². The summed E-state index contributed by atoms with van der Waals surface area (Å²) in [5.41, 5.74) is 0.554. The van der Waals surface area contributed by atoms with Gasteiger partial charge in [-0.3, -0.25) is 4.79 Å². The molecule has 0 aliphatic heterocycles. The lowest BCUT2D eigenvalue weighted by Crippen LogP contribution is -2.15. The zero-order valence-electron chi connectivity index (χ0n) is 11.6. The van der Waals surface area contributed by atoms with Gasteiger partial charge < -0.3 is 14.8 Å². The van der Waals surface area contributed by atoms with Crippen molar-refractivity contribution in [2.45, 2.75) is 6.42 Å². The number of anilines is 1. The number of hydrogen-bond donors (Lipinski definition) is 1. The molecule has 1 N–H and O–H groups in total. The number of benzene rings is 2. The van der Waals surface area contributed by atoms with Gasteiger partial charge in [0.1, 0.15) is 5.82 Å². The number of ether oxygens (including phenoxy) is 2. The van der Waals surface area contributed by atoms with Crippen LogP contribution in [0.2, 0.25) is 0 Å². The van der Waals surface area contributed by atoms with Gasteiger partial charge >= 0.3 is 0 Å². The zero-order valence-corrected chi connectivity index (χ0v) is 11.6. The van der Waals surface area contributed by atoms with Crippen molar-refractivity contribution in [3.05, 3.63) is 54.3 Å². The molecular weight excluding hydrogens is 273 g/mol. The summed E-state index contributed by atoms with van der Waals surface area (Å²) in [6, 6.07) is 12.8. The van der Waals surface area contributed by atoms with Crippen LogP contribution in [0.5, 0.6) is 11.5 Å². The average Bonchev–Trinajstić information content (AvgIpc) is 2.50. The number of carbonyl (C=O) groups excluding carboxylic acids is 1. The van der Waals surface area contributed by atoms with E-state index in [4.69, 9.17) is 9.47 Å². The molecule has 1 amide bonds. The molecule has 2 rings (SSSR count). The smallest absolute Gasteiger partial charge is 0.227 e. The third-order valence-corrected chi connectivity index (χ3v) is 2.78. The van der Waals surface area contributed by atoms with E-state index in [1.165, 1.54) is 24.3 Å². The van der Waals surface area contributed by atoms with E-state index in [1.54, 1.807) is 19.2 Å². The first-order chi connectivity index (χ1) is 10.2. The van der Waals surface area contributed by atoms with Crippen molar-refractivity contribution >= 4 is 11.6 Å². The second kappa shape index (κ2) is 7.28. The van der Waals surface area contributed by atoms with Gasteiger partial charge in [-0.15, -0.1) is 0 Å². The van der Waals surface area contributed by atoms with Gasteiger partial charge in [-0.2, -0.15) is 0 Å². The van der Waals surface area contributed by atoms with Crippen LogP contribution in [0.4, 0.5) is 10.1 Å². The van der Waals surface area contributed by atoms with Gasteiger partial charge in [-0.05, 0) is 36.4 Å². The number of nitrogens with one attached hydrogen (secondary N) is 1. The van der Waals surface area contributed by atoms with E-state index >= 15 is 0 Å². The Kier molecular flexibility index (Phi) is 5.15. The Labute approximate surface area is 122 Å². The van der Waals surface area contributed by atoms with Gasteiger partial charge in [0.15, 0.2) is 11.5 Å². The van der Waals surface area contributed by atoms with Crippen LogP contribution in [0.25, 0.3) is 0 Å². The Bertz CT molecular complexity index is 599. The molecule has 0 unspecified atom stereocenters. The molecule has 4 nitrogen and oxygen atoms in total. The predicted octanol–water partition coefficient (Wildman–Crippen LogP) is 3.24. The molecule has 0 aromatic heterocycles. The van der Waals surface area contributed by atoms with E-state index in [0.717, 1.165) is 0 Å². The summed E-state index contributed by atoms with van der Waals surface area (Å²) in [4.78, 5) is 11.7. The topological polar surface area (TPSA) is 47.6 Å². The standard InChI is InChI=1S/C16H16FNO3/c1-20-14-4-2-3-5-15(14)21-11-10-16(19)18-13-8-6-12(17)7-9-13/h2-9H,10-11H2,1H3,(H,18,19). The molecule has 0 fully saturated rings. The molecule has 21 heavy (non-hydrogen) atoms. The molecule has 0 heterocycles. The molecule has 0 aliphatic carbocycles. The summed E-state index contributed by atoms with van der Waals surface area (Å²) in [6.45, 7) is 0.230. The third-order valence-electron chi connectivity index (χ3n) is 2.78. The van der Waals surface area contributed by atoms with Crippen LogP contribution in [0, 0.1) is 5.82 Å². The molecule has 0 atom stereocenters. The van der Waals surface area contributed by atoms with Gasteiger partial charge in [-0.1, -0.05) is 12.1 Å². The maximum absolute atomic E-state index is 12.7. The Morgan fingerprint density at radius 3 is 2.43 bits per heavy atom. The maximum atomic E-state index is 12.7. The fourth-order valence-corrected chi connectivity index (χ4v) is 1.75. The minimum Gasteiger partial charge on any atom is -0.493 e. The van der Waals surface area contributed by atoms with Crippen molar-refractivity contribution in [3.63, 3.8) is 0 Å². The molecule has 2 aromatic rings. The van der Waals surface area contributed by atoms with E-state index < -0.39 is 0 Å².